The van der Waals surface area contributed by atoms with Crippen LogP contribution in [-0.2, 0) is 0 Å². The summed E-state index contributed by atoms with van der Waals surface area (Å²) in [7, 11) is 0. The number of rotatable bonds is 2. The standard InChI is InChI=1S/C26H38/c1-4-6-20-16-24-22(13-14-26(3)17(2)9-12-25(24)26)21-11-10-19(15-23(20)21)18-7-5-8-18/h6,11,15,17-19,22,24-25H,4-5,7-10,12-14,16H2,1-3H3/b20-6-. The van der Waals surface area contributed by atoms with Crippen LogP contribution in [0, 0.1) is 40.9 Å². The van der Waals surface area contributed by atoms with E-state index < -0.39 is 0 Å². The van der Waals surface area contributed by atoms with E-state index in [0.717, 1.165) is 35.5 Å². The molecule has 4 saturated carbocycles. The topological polar surface area (TPSA) is 0 Å². The van der Waals surface area contributed by atoms with Gasteiger partial charge in [0.1, 0.15) is 0 Å². The van der Waals surface area contributed by atoms with Gasteiger partial charge in [-0.1, -0.05) is 45.4 Å². The first kappa shape index (κ1) is 17.3. The van der Waals surface area contributed by atoms with Crippen molar-refractivity contribution in [3.63, 3.8) is 0 Å². The first-order valence-electron chi connectivity index (χ1n) is 11.7. The van der Waals surface area contributed by atoms with Gasteiger partial charge in [0.25, 0.3) is 0 Å². The van der Waals surface area contributed by atoms with Crippen molar-refractivity contribution < 1.29 is 0 Å². The molecule has 0 spiro atoms. The quantitative estimate of drug-likeness (QED) is 0.484. The highest BCUT2D eigenvalue weighted by atomic mass is 14.6. The van der Waals surface area contributed by atoms with Crippen LogP contribution in [0.1, 0.15) is 85.0 Å². The van der Waals surface area contributed by atoms with Crippen molar-refractivity contribution in [1.29, 1.82) is 0 Å². The van der Waals surface area contributed by atoms with E-state index in [1.165, 1.54) is 64.2 Å². The van der Waals surface area contributed by atoms with E-state index in [0.29, 0.717) is 5.41 Å². The predicted molar refractivity (Wildman–Crippen MR) is 111 cm³/mol. The lowest BCUT2D eigenvalue weighted by atomic mass is 9.52. The van der Waals surface area contributed by atoms with Crippen LogP contribution >= 0.6 is 0 Å². The van der Waals surface area contributed by atoms with Gasteiger partial charge in [-0.2, -0.15) is 0 Å². The minimum absolute atomic E-state index is 0.628. The second-order valence-corrected chi connectivity index (χ2v) is 10.6. The zero-order valence-corrected chi connectivity index (χ0v) is 17.3. The number of allylic oxidation sites excluding steroid dienone is 6. The fourth-order valence-electron chi connectivity index (χ4n) is 7.62. The number of hydrogen-bond acceptors (Lipinski definition) is 0. The van der Waals surface area contributed by atoms with Crippen LogP contribution in [0.4, 0.5) is 0 Å². The number of fused-ring (bicyclic) bond motifs is 5. The van der Waals surface area contributed by atoms with Crippen LogP contribution in [-0.4, -0.2) is 0 Å². The highest BCUT2D eigenvalue weighted by Gasteiger charge is 2.54. The van der Waals surface area contributed by atoms with E-state index in [1.807, 2.05) is 0 Å². The minimum Gasteiger partial charge on any atom is -0.0810 e. The lowest BCUT2D eigenvalue weighted by Gasteiger charge is -2.52. The molecule has 0 nitrogen and oxygen atoms in total. The summed E-state index contributed by atoms with van der Waals surface area (Å²) in [5, 5.41) is 0. The Balaban J connectivity index is 1.49. The van der Waals surface area contributed by atoms with Gasteiger partial charge in [-0.25, -0.2) is 0 Å². The van der Waals surface area contributed by atoms with Crippen LogP contribution in [0.3, 0.4) is 0 Å². The molecule has 0 saturated heterocycles. The fourth-order valence-corrected chi connectivity index (χ4v) is 7.62. The zero-order chi connectivity index (χ0) is 17.9. The van der Waals surface area contributed by atoms with Gasteiger partial charge in [0.15, 0.2) is 0 Å². The molecule has 142 valence electrons. The molecule has 0 N–H and O–H groups in total. The molecule has 0 heterocycles. The Morgan fingerprint density at radius 2 is 2.00 bits per heavy atom. The van der Waals surface area contributed by atoms with Gasteiger partial charge < -0.3 is 0 Å². The first-order chi connectivity index (χ1) is 12.6. The summed E-state index contributed by atoms with van der Waals surface area (Å²) in [5.41, 5.74) is 5.86. The Hall–Kier alpha value is -0.780. The summed E-state index contributed by atoms with van der Waals surface area (Å²) < 4.78 is 0. The number of hydrogen-bond donors (Lipinski definition) is 0. The van der Waals surface area contributed by atoms with Gasteiger partial charge >= 0.3 is 0 Å². The molecule has 0 aliphatic heterocycles. The lowest BCUT2D eigenvalue weighted by Crippen LogP contribution is -2.44. The van der Waals surface area contributed by atoms with E-state index in [4.69, 9.17) is 0 Å². The third kappa shape index (κ3) is 2.46. The summed E-state index contributed by atoms with van der Waals surface area (Å²) in [6.45, 7) is 7.51. The molecule has 5 aliphatic carbocycles. The molecule has 26 heavy (non-hydrogen) atoms. The third-order valence-electron chi connectivity index (χ3n) is 9.62. The van der Waals surface area contributed by atoms with Crippen molar-refractivity contribution in [2.75, 3.05) is 0 Å². The molecule has 5 aliphatic rings. The van der Waals surface area contributed by atoms with Crippen molar-refractivity contribution in [3.8, 4) is 0 Å². The molecule has 0 aromatic carbocycles. The van der Waals surface area contributed by atoms with E-state index >= 15 is 0 Å². The Kier molecular flexibility index (Phi) is 4.26. The molecular weight excluding hydrogens is 312 g/mol. The van der Waals surface area contributed by atoms with Crippen LogP contribution in [0.5, 0.6) is 0 Å². The minimum atomic E-state index is 0.628. The molecular formula is C26H38. The van der Waals surface area contributed by atoms with Gasteiger partial charge in [0.05, 0.1) is 0 Å². The molecule has 0 aromatic heterocycles. The van der Waals surface area contributed by atoms with E-state index in [2.05, 4.69) is 39.0 Å². The van der Waals surface area contributed by atoms with Gasteiger partial charge in [-0.15, -0.1) is 0 Å². The van der Waals surface area contributed by atoms with E-state index in [1.54, 1.807) is 16.7 Å². The molecule has 0 heteroatoms. The molecule has 0 aromatic rings. The van der Waals surface area contributed by atoms with Gasteiger partial charge in [0.2, 0.25) is 0 Å². The monoisotopic (exact) mass is 350 g/mol. The predicted octanol–water partition coefficient (Wildman–Crippen LogP) is 7.48. The average molecular weight is 351 g/mol. The molecule has 5 rings (SSSR count). The Bertz CT molecular complexity index is 658. The van der Waals surface area contributed by atoms with Crippen molar-refractivity contribution in [2.45, 2.75) is 85.0 Å². The van der Waals surface area contributed by atoms with E-state index in [9.17, 15) is 0 Å². The average Bonchev–Trinajstić information content (AvgIpc) is 2.89. The highest BCUT2D eigenvalue weighted by Crippen LogP contribution is 2.64. The van der Waals surface area contributed by atoms with E-state index in [-0.39, 0.29) is 0 Å². The molecule has 0 radical (unpaired) electrons. The molecule has 0 amide bonds. The maximum absolute atomic E-state index is 2.75. The summed E-state index contributed by atoms with van der Waals surface area (Å²) >= 11 is 0. The summed E-state index contributed by atoms with van der Waals surface area (Å²) in [6, 6.07) is 0. The maximum Gasteiger partial charge on any atom is -0.0125 e. The van der Waals surface area contributed by atoms with Crippen molar-refractivity contribution in [1.82, 2.24) is 0 Å². The summed E-state index contributed by atoms with van der Waals surface area (Å²) in [5.74, 6) is 5.56. The Morgan fingerprint density at radius 1 is 1.15 bits per heavy atom. The fraction of sp³-hybridized carbons (Fsp3) is 0.769. The first-order valence-corrected chi connectivity index (χ1v) is 11.7. The van der Waals surface area contributed by atoms with Crippen LogP contribution in [0.25, 0.3) is 0 Å². The third-order valence-corrected chi connectivity index (χ3v) is 9.62. The van der Waals surface area contributed by atoms with Crippen LogP contribution in [0.15, 0.2) is 34.9 Å². The van der Waals surface area contributed by atoms with Gasteiger partial charge in [-0.3, -0.25) is 0 Å². The highest BCUT2D eigenvalue weighted by molar-refractivity contribution is 5.53. The van der Waals surface area contributed by atoms with Crippen molar-refractivity contribution >= 4 is 0 Å². The lowest BCUT2D eigenvalue weighted by molar-refractivity contribution is 0.0257. The molecule has 6 unspecified atom stereocenters. The summed E-state index contributed by atoms with van der Waals surface area (Å²) in [4.78, 5) is 0. The summed E-state index contributed by atoms with van der Waals surface area (Å²) in [6.07, 6.45) is 22.3. The second-order valence-electron chi connectivity index (χ2n) is 10.6. The molecule has 6 atom stereocenters. The Morgan fingerprint density at radius 3 is 2.73 bits per heavy atom. The maximum atomic E-state index is 2.75. The van der Waals surface area contributed by atoms with Crippen molar-refractivity contribution in [3.05, 3.63) is 34.9 Å². The molecule has 4 fully saturated rings. The van der Waals surface area contributed by atoms with Gasteiger partial charge in [-0.05, 0) is 115 Å². The Labute approximate surface area is 161 Å². The normalized spacial score (nSPS) is 46.7. The largest absolute Gasteiger partial charge is 0.0810 e. The zero-order valence-electron chi connectivity index (χ0n) is 17.3. The van der Waals surface area contributed by atoms with Crippen LogP contribution < -0.4 is 0 Å². The smallest absolute Gasteiger partial charge is 0.0125 e. The van der Waals surface area contributed by atoms with Gasteiger partial charge in [0, 0.05) is 0 Å². The molecule has 0 bridgehead atoms. The SMILES string of the molecule is CC/C=C1/CC2C(CCC3(C)C(C)CCC23)C2=CCC(C3CCC3)C=C21. The van der Waals surface area contributed by atoms with Crippen LogP contribution in [0.2, 0.25) is 0 Å². The van der Waals surface area contributed by atoms with Crippen molar-refractivity contribution in [2.24, 2.45) is 40.9 Å². The second kappa shape index (κ2) is 6.39.